The summed E-state index contributed by atoms with van der Waals surface area (Å²) >= 11 is 7.12. The molecule has 0 aliphatic rings. The van der Waals surface area contributed by atoms with Gasteiger partial charge in [-0.05, 0) is 18.1 Å². The summed E-state index contributed by atoms with van der Waals surface area (Å²) in [5.41, 5.74) is 0.0551. The van der Waals surface area contributed by atoms with Crippen LogP contribution < -0.4 is 0 Å². The van der Waals surface area contributed by atoms with Crippen LogP contribution in [-0.2, 0) is 0 Å². The molecule has 4 nitrogen and oxygen atoms in total. The minimum Gasteiger partial charge on any atom is -0.396 e. The average molecular weight is 262 g/mol. The van der Waals surface area contributed by atoms with Gasteiger partial charge in [-0.2, -0.15) is 0 Å². The van der Waals surface area contributed by atoms with E-state index in [4.69, 9.17) is 16.7 Å². The molecule has 0 aliphatic heterocycles. The number of aliphatic hydroxyl groups is 1. The molecule has 0 saturated carbocycles. The Labute approximate surface area is 103 Å². The van der Waals surface area contributed by atoms with Gasteiger partial charge in [-0.1, -0.05) is 18.5 Å². The lowest BCUT2D eigenvalue weighted by molar-refractivity contribution is -0.387. The van der Waals surface area contributed by atoms with Crippen LogP contribution in [0.15, 0.2) is 23.1 Å². The predicted octanol–water partition coefficient (Wildman–Crippen LogP) is 2.97. The van der Waals surface area contributed by atoms with Crippen molar-refractivity contribution in [1.29, 1.82) is 0 Å². The van der Waals surface area contributed by atoms with E-state index in [1.165, 1.54) is 23.9 Å². The van der Waals surface area contributed by atoms with Crippen molar-refractivity contribution in [2.45, 2.75) is 11.8 Å². The number of aliphatic hydroxyl groups excluding tert-OH is 1. The number of nitro groups is 1. The van der Waals surface area contributed by atoms with Crippen molar-refractivity contribution in [2.75, 3.05) is 12.4 Å². The molecule has 1 rings (SSSR count). The van der Waals surface area contributed by atoms with E-state index in [-0.39, 0.29) is 18.2 Å². The zero-order valence-electron chi connectivity index (χ0n) is 8.72. The van der Waals surface area contributed by atoms with Crippen molar-refractivity contribution in [3.63, 3.8) is 0 Å². The minimum atomic E-state index is -0.428. The third kappa shape index (κ3) is 3.66. The molecule has 0 amide bonds. The molecular weight excluding hydrogens is 250 g/mol. The molecule has 88 valence electrons. The van der Waals surface area contributed by atoms with Gasteiger partial charge in [0, 0.05) is 23.4 Å². The van der Waals surface area contributed by atoms with Gasteiger partial charge in [0.05, 0.1) is 9.82 Å². The first-order valence-corrected chi connectivity index (χ1v) is 6.08. The molecule has 6 heteroatoms. The van der Waals surface area contributed by atoms with Crippen LogP contribution in [0.5, 0.6) is 0 Å². The van der Waals surface area contributed by atoms with Gasteiger partial charge in [-0.3, -0.25) is 10.1 Å². The van der Waals surface area contributed by atoms with E-state index in [9.17, 15) is 10.1 Å². The largest absolute Gasteiger partial charge is 0.396 e. The highest BCUT2D eigenvalue weighted by Gasteiger charge is 2.15. The molecule has 0 radical (unpaired) electrons. The Morgan fingerprint density at radius 3 is 2.88 bits per heavy atom. The molecule has 16 heavy (non-hydrogen) atoms. The van der Waals surface area contributed by atoms with Crippen LogP contribution in [0, 0.1) is 16.0 Å². The van der Waals surface area contributed by atoms with Gasteiger partial charge in [0.25, 0.3) is 5.69 Å². The first-order chi connectivity index (χ1) is 7.54. The minimum absolute atomic E-state index is 0.0551. The number of thioether (sulfide) groups is 1. The lowest BCUT2D eigenvalue weighted by Gasteiger charge is -2.07. The summed E-state index contributed by atoms with van der Waals surface area (Å²) in [6.07, 6.45) is 0. The predicted molar refractivity (Wildman–Crippen MR) is 65.1 cm³/mol. The molecule has 1 unspecified atom stereocenters. The SMILES string of the molecule is CC(CO)CSc1cc(Cl)ccc1[N+](=O)[O-]. The molecule has 1 N–H and O–H groups in total. The summed E-state index contributed by atoms with van der Waals surface area (Å²) in [5.74, 6) is 0.723. The van der Waals surface area contributed by atoms with Crippen LogP contribution in [0.1, 0.15) is 6.92 Å². The van der Waals surface area contributed by atoms with Crippen LogP contribution in [-0.4, -0.2) is 22.4 Å². The van der Waals surface area contributed by atoms with Gasteiger partial charge in [0.2, 0.25) is 0 Å². The number of benzene rings is 1. The fourth-order valence-electron chi connectivity index (χ4n) is 1.04. The van der Waals surface area contributed by atoms with Gasteiger partial charge < -0.3 is 5.11 Å². The first kappa shape index (κ1) is 13.3. The van der Waals surface area contributed by atoms with E-state index in [0.717, 1.165) is 0 Å². The molecule has 0 heterocycles. The van der Waals surface area contributed by atoms with E-state index in [1.807, 2.05) is 6.92 Å². The highest BCUT2D eigenvalue weighted by atomic mass is 35.5. The molecule has 0 saturated heterocycles. The molecule has 0 spiro atoms. The molecule has 1 aromatic carbocycles. The number of nitro benzene ring substituents is 1. The summed E-state index contributed by atoms with van der Waals surface area (Å²) in [6, 6.07) is 4.47. The van der Waals surface area contributed by atoms with Gasteiger partial charge in [-0.25, -0.2) is 0 Å². The van der Waals surface area contributed by atoms with Crippen molar-refractivity contribution in [2.24, 2.45) is 5.92 Å². The highest BCUT2D eigenvalue weighted by Crippen LogP contribution is 2.32. The van der Waals surface area contributed by atoms with E-state index >= 15 is 0 Å². The lowest BCUT2D eigenvalue weighted by atomic mass is 10.2. The summed E-state index contributed by atoms with van der Waals surface area (Å²) < 4.78 is 0. The molecule has 0 aliphatic carbocycles. The third-order valence-electron chi connectivity index (χ3n) is 1.95. The number of rotatable bonds is 5. The molecular formula is C10H12ClNO3S. The third-order valence-corrected chi connectivity index (χ3v) is 3.56. The Balaban J connectivity index is 2.84. The smallest absolute Gasteiger partial charge is 0.282 e. The van der Waals surface area contributed by atoms with Crippen molar-refractivity contribution in [3.05, 3.63) is 33.3 Å². The van der Waals surface area contributed by atoms with Crippen LogP contribution in [0.2, 0.25) is 5.02 Å². The van der Waals surface area contributed by atoms with Gasteiger partial charge in [0.1, 0.15) is 0 Å². The number of hydrogen-bond acceptors (Lipinski definition) is 4. The first-order valence-electron chi connectivity index (χ1n) is 4.72. The second kappa shape index (κ2) is 6.08. The van der Waals surface area contributed by atoms with Crippen molar-refractivity contribution in [3.8, 4) is 0 Å². The van der Waals surface area contributed by atoms with E-state index in [2.05, 4.69) is 0 Å². The van der Waals surface area contributed by atoms with Crippen LogP contribution in [0.3, 0.4) is 0 Å². The molecule has 0 fully saturated rings. The van der Waals surface area contributed by atoms with Gasteiger partial charge in [0.15, 0.2) is 0 Å². The summed E-state index contributed by atoms with van der Waals surface area (Å²) in [7, 11) is 0. The Bertz CT molecular complexity index is 386. The van der Waals surface area contributed by atoms with Gasteiger partial charge >= 0.3 is 0 Å². The van der Waals surface area contributed by atoms with Crippen LogP contribution in [0.25, 0.3) is 0 Å². The Morgan fingerprint density at radius 1 is 1.62 bits per heavy atom. The lowest BCUT2D eigenvalue weighted by Crippen LogP contribution is -2.03. The number of halogens is 1. The zero-order chi connectivity index (χ0) is 12.1. The maximum absolute atomic E-state index is 10.7. The zero-order valence-corrected chi connectivity index (χ0v) is 10.3. The van der Waals surface area contributed by atoms with Crippen molar-refractivity contribution in [1.82, 2.24) is 0 Å². The topological polar surface area (TPSA) is 63.4 Å². The summed E-state index contributed by atoms with van der Waals surface area (Å²) in [5, 5.41) is 20.1. The second-order valence-corrected chi connectivity index (χ2v) is 4.97. The van der Waals surface area contributed by atoms with Crippen molar-refractivity contribution < 1.29 is 10.0 Å². The monoisotopic (exact) mass is 261 g/mol. The fraction of sp³-hybridized carbons (Fsp3) is 0.400. The maximum Gasteiger partial charge on any atom is 0.282 e. The Kier molecular flexibility index (Phi) is 5.05. The molecule has 0 bridgehead atoms. The normalized spacial score (nSPS) is 12.4. The number of hydrogen-bond donors (Lipinski definition) is 1. The summed E-state index contributed by atoms with van der Waals surface area (Å²) in [6.45, 7) is 1.95. The maximum atomic E-state index is 10.7. The summed E-state index contributed by atoms with van der Waals surface area (Å²) in [4.78, 5) is 10.9. The second-order valence-electron chi connectivity index (χ2n) is 3.47. The standard InChI is InChI=1S/C10H12ClNO3S/c1-7(5-13)6-16-10-4-8(11)2-3-9(10)12(14)15/h2-4,7,13H,5-6H2,1H3. The van der Waals surface area contributed by atoms with E-state index in [0.29, 0.717) is 15.7 Å². The molecule has 0 aromatic heterocycles. The Hall–Kier alpha value is -0.780. The highest BCUT2D eigenvalue weighted by molar-refractivity contribution is 7.99. The van der Waals surface area contributed by atoms with Crippen molar-refractivity contribution >= 4 is 29.1 Å². The van der Waals surface area contributed by atoms with Crippen LogP contribution in [0.4, 0.5) is 5.69 Å². The fourth-order valence-corrected chi connectivity index (χ4v) is 2.35. The molecule has 1 atom stereocenters. The molecule has 1 aromatic rings. The van der Waals surface area contributed by atoms with Crippen LogP contribution >= 0.6 is 23.4 Å². The Morgan fingerprint density at radius 2 is 2.31 bits per heavy atom. The quantitative estimate of drug-likeness (QED) is 0.503. The average Bonchev–Trinajstić information content (AvgIpc) is 2.25. The number of nitrogens with zero attached hydrogens (tertiary/aromatic N) is 1. The van der Waals surface area contributed by atoms with E-state index in [1.54, 1.807) is 6.07 Å². The van der Waals surface area contributed by atoms with E-state index < -0.39 is 4.92 Å². The van der Waals surface area contributed by atoms with Gasteiger partial charge in [-0.15, -0.1) is 11.8 Å².